The minimum Gasteiger partial charge on any atom is -0.493 e. The van der Waals surface area contributed by atoms with Crippen LogP contribution in [-0.2, 0) is 0 Å². The van der Waals surface area contributed by atoms with Gasteiger partial charge >= 0.3 is 0 Å². The molecule has 2 nitrogen and oxygen atoms in total. The summed E-state index contributed by atoms with van der Waals surface area (Å²) in [6.45, 7) is 4.54. The highest BCUT2D eigenvalue weighted by atomic mass is 79.9. The normalized spacial score (nSPS) is 12.4. The van der Waals surface area contributed by atoms with E-state index >= 15 is 0 Å². The number of rotatable bonds is 4. The molecule has 0 fully saturated rings. The molecule has 0 bridgehead atoms. The highest BCUT2D eigenvalue weighted by Gasteiger charge is 2.19. The zero-order valence-corrected chi connectivity index (χ0v) is 12.7. The van der Waals surface area contributed by atoms with Crippen LogP contribution in [0.5, 0.6) is 5.75 Å². The molecular formula is C14H15BrO2S. The van der Waals surface area contributed by atoms with Crippen molar-refractivity contribution in [3.8, 4) is 5.75 Å². The van der Waals surface area contributed by atoms with E-state index in [0.717, 1.165) is 26.2 Å². The quantitative estimate of drug-likeness (QED) is 0.907. The van der Waals surface area contributed by atoms with Gasteiger partial charge in [-0.05, 0) is 53.4 Å². The van der Waals surface area contributed by atoms with Gasteiger partial charge in [-0.2, -0.15) is 0 Å². The van der Waals surface area contributed by atoms with Crippen molar-refractivity contribution in [1.82, 2.24) is 0 Å². The minimum absolute atomic E-state index is 0.592. The number of ether oxygens (including phenoxy) is 1. The van der Waals surface area contributed by atoms with Crippen molar-refractivity contribution in [1.29, 1.82) is 0 Å². The second-order valence-electron chi connectivity index (χ2n) is 4.01. The Kier molecular flexibility index (Phi) is 4.43. The summed E-state index contributed by atoms with van der Waals surface area (Å²) in [5.74, 6) is 0.746. The molecule has 1 N–H and O–H groups in total. The molecule has 2 rings (SSSR count). The van der Waals surface area contributed by atoms with E-state index in [1.54, 1.807) is 0 Å². The maximum absolute atomic E-state index is 10.5. The summed E-state index contributed by atoms with van der Waals surface area (Å²) in [6, 6.07) is 7.82. The average Bonchev–Trinajstić information content (AvgIpc) is 2.77. The molecule has 1 unspecified atom stereocenters. The molecule has 96 valence electrons. The summed E-state index contributed by atoms with van der Waals surface area (Å²) in [5, 5.41) is 12.5. The molecular weight excluding hydrogens is 312 g/mol. The van der Waals surface area contributed by atoms with E-state index in [-0.39, 0.29) is 0 Å². The summed E-state index contributed by atoms with van der Waals surface area (Å²) in [7, 11) is 0. The van der Waals surface area contributed by atoms with Crippen molar-refractivity contribution in [2.24, 2.45) is 0 Å². The third kappa shape index (κ3) is 2.76. The smallest absolute Gasteiger partial charge is 0.125 e. The number of thiophene rings is 1. The summed E-state index contributed by atoms with van der Waals surface area (Å²) >= 11 is 4.99. The predicted octanol–water partition coefficient (Wildman–Crippen LogP) is 4.30. The third-order valence-electron chi connectivity index (χ3n) is 2.65. The maximum atomic E-state index is 10.5. The van der Waals surface area contributed by atoms with Crippen LogP contribution in [0.25, 0.3) is 0 Å². The molecule has 0 aliphatic carbocycles. The number of aliphatic hydroxyl groups excluding tert-OH is 1. The topological polar surface area (TPSA) is 29.5 Å². The van der Waals surface area contributed by atoms with Crippen LogP contribution in [0.15, 0.2) is 34.1 Å². The van der Waals surface area contributed by atoms with Gasteiger partial charge in [0.05, 0.1) is 11.5 Å². The van der Waals surface area contributed by atoms with Gasteiger partial charge in [0.15, 0.2) is 0 Å². The molecule has 0 spiro atoms. The van der Waals surface area contributed by atoms with Gasteiger partial charge < -0.3 is 9.84 Å². The molecule has 0 saturated heterocycles. The zero-order chi connectivity index (χ0) is 13.1. The molecule has 2 aromatic rings. The monoisotopic (exact) mass is 326 g/mol. The Morgan fingerprint density at radius 1 is 1.39 bits per heavy atom. The van der Waals surface area contributed by atoms with Crippen LogP contribution in [0.1, 0.15) is 29.0 Å². The fraction of sp³-hybridized carbons (Fsp3) is 0.286. The molecule has 4 heteroatoms. The van der Waals surface area contributed by atoms with Crippen LogP contribution in [0, 0.1) is 6.92 Å². The highest BCUT2D eigenvalue weighted by Crippen LogP contribution is 2.37. The van der Waals surface area contributed by atoms with Crippen molar-refractivity contribution in [3.63, 3.8) is 0 Å². The Bertz CT molecular complexity index is 536. The van der Waals surface area contributed by atoms with Gasteiger partial charge in [-0.25, -0.2) is 0 Å². The van der Waals surface area contributed by atoms with Gasteiger partial charge in [0.2, 0.25) is 0 Å². The first-order valence-electron chi connectivity index (χ1n) is 5.77. The van der Waals surface area contributed by atoms with E-state index in [2.05, 4.69) is 15.9 Å². The Morgan fingerprint density at radius 2 is 2.17 bits per heavy atom. The predicted molar refractivity (Wildman–Crippen MR) is 78.4 cm³/mol. The van der Waals surface area contributed by atoms with Crippen molar-refractivity contribution in [2.45, 2.75) is 20.0 Å². The Hall–Kier alpha value is -0.840. The van der Waals surface area contributed by atoms with Crippen molar-refractivity contribution < 1.29 is 9.84 Å². The van der Waals surface area contributed by atoms with Gasteiger partial charge in [-0.15, -0.1) is 11.3 Å². The number of aliphatic hydroxyl groups is 1. The molecule has 0 aliphatic heterocycles. The van der Waals surface area contributed by atoms with Crippen LogP contribution in [0.2, 0.25) is 0 Å². The summed E-state index contributed by atoms with van der Waals surface area (Å²) in [6.07, 6.45) is -0.652. The van der Waals surface area contributed by atoms with Crippen LogP contribution in [0.3, 0.4) is 0 Å². The van der Waals surface area contributed by atoms with Gasteiger partial charge in [0.1, 0.15) is 11.9 Å². The Morgan fingerprint density at radius 3 is 2.78 bits per heavy atom. The van der Waals surface area contributed by atoms with Crippen molar-refractivity contribution in [2.75, 3.05) is 6.61 Å². The number of halogens is 1. The lowest BCUT2D eigenvalue weighted by atomic mass is 10.0. The summed E-state index contributed by atoms with van der Waals surface area (Å²) in [4.78, 5) is 0.904. The maximum Gasteiger partial charge on any atom is 0.125 e. The molecule has 0 aliphatic rings. The van der Waals surface area contributed by atoms with Crippen LogP contribution in [0.4, 0.5) is 0 Å². The van der Waals surface area contributed by atoms with Gasteiger partial charge in [0, 0.05) is 10.0 Å². The SMILES string of the molecule is CCOc1ccc(C)cc1C(O)c1sccc1Br. The second kappa shape index (κ2) is 5.87. The lowest BCUT2D eigenvalue weighted by Gasteiger charge is -2.16. The van der Waals surface area contributed by atoms with E-state index < -0.39 is 6.10 Å². The first-order valence-corrected chi connectivity index (χ1v) is 7.45. The number of aryl methyl sites for hydroxylation is 1. The van der Waals surface area contributed by atoms with Gasteiger partial charge in [-0.3, -0.25) is 0 Å². The molecule has 1 atom stereocenters. The fourth-order valence-electron chi connectivity index (χ4n) is 1.81. The number of hydrogen-bond donors (Lipinski definition) is 1. The summed E-state index contributed by atoms with van der Waals surface area (Å²) in [5.41, 5.74) is 1.93. The molecule has 0 saturated carbocycles. The first-order chi connectivity index (χ1) is 8.63. The number of hydrogen-bond acceptors (Lipinski definition) is 3. The van der Waals surface area contributed by atoms with E-state index in [1.165, 1.54) is 11.3 Å². The standard InChI is InChI=1S/C14H15BrO2S/c1-3-17-12-5-4-9(2)8-10(12)13(16)14-11(15)6-7-18-14/h4-8,13,16H,3H2,1-2H3. The van der Waals surface area contributed by atoms with Crippen LogP contribution in [-0.4, -0.2) is 11.7 Å². The lowest BCUT2D eigenvalue weighted by molar-refractivity contribution is 0.215. The van der Waals surface area contributed by atoms with Crippen molar-refractivity contribution >= 4 is 27.3 Å². The second-order valence-corrected chi connectivity index (χ2v) is 5.81. The molecule has 0 amide bonds. The van der Waals surface area contributed by atoms with Crippen LogP contribution >= 0.6 is 27.3 Å². The lowest BCUT2D eigenvalue weighted by Crippen LogP contribution is -2.03. The third-order valence-corrected chi connectivity index (χ3v) is 4.58. The summed E-state index contributed by atoms with van der Waals surface area (Å²) < 4.78 is 6.51. The van der Waals surface area contributed by atoms with Gasteiger partial charge in [-0.1, -0.05) is 11.6 Å². The van der Waals surface area contributed by atoms with Crippen molar-refractivity contribution in [3.05, 3.63) is 50.1 Å². The minimum atomic E-state index is -0.652. The van der Waals surface area contributed by atoms with E-state index in [9.17, 15) is 5.11 Å². The highest BCUT2D eigenvalue weighted by molar-refractivity contribution is 9.10. The largest absolute Gasteiger partial charge is 0.493 e. The molecule has 1 aromatic heterocycles. The first kappa shape index (κ1) is 13.6. The van der Waals surface area contributed by atoms with E-state index in [4.69, 9.17) is 4.74 Å². The van der Waals surface area contributed by atoms with E-state index in [1.807, 2.05) is 43.5 Å². The fourth-order valence-corrected chi connectivity index (χ4v) is 3.40. The Balaban J connectivity index is 2.43. The van der Waals surface area contributed by atoms with E-state index in [0.29, 0.717) is 6.61 Å². The average molecular weight is 327 g/mol. The number of benzene rings is 1. The Labute approximate surface area is 119 Å². The molecule has 1 heterocycles. The van der Waals surface area contributed by atoms with Gasteiger partial charge in [0.25, 0.3) is 0 Å². The molecule has 0 radical (unpaired) electrons. The zero-order valence-electron chi connectivity index (χ0n) is 10.3. The molecule has 1 aromatic carbocycles. The van der Waals surface area contributed by atoms with Crippen LogP contribution < -0.4 is 4.74 Å². The molecule has 18 heavy (non-hydrogen) atoms.